The lowest BCUT2D eigenvalue weighted by Gasteiger charge is -2.09. The van der Waals surface area contributed by atoms with Gasteiger partial charge in [0.2, 0.25) is 5.78 Å². The molecule has 0 aliphatic heterocycles. The molecule has 3 aromatic carbocycles. The number of methoxy groups -OCH3 is 1. The number of carbonyl (C=O) groups is 1. The van der Waals surface area contributed by atoms with E-state index in [4.69, 9.17) is 4.74 Å². The van der Waals surface area contributed by atoms with Gasteiger partial charge in [-0.05, 0) is 41.5 Å². The van der Waals surface area contributed by atoms with Gasteiger partial charge in [-0.1, -0.05) is 60.3 Å². The Morgan fingerprint density at radius 1 is 0.800 bits per heavy atom. The van der Waals surface area contributed by atoms with Crippen molar-refractivity contribution in [2.24, 2.45) is 0 Å². The van der Waals surface area contributed by atoms with Crippen molar-refractivity contribution in [1.82, 2.24) is 0 Å². The van der Waals surface area contributed by atoms with Gasteiger partial charge in [-0.2, -0.15) is 0 Å². The second kappa shape index (κ2) is 6.61. The summed E-state index contributed by atoms with van der Waals surface area (Å²) in [6, 6.07) is 25.7. The third-order valence-electron chi connectivity index (χ3n) is 4.20. The largest absolute Gasteiger partial charge is 0.497 e. The van der Waals surface area contributed by atoms with Crippen molar-refractivity contribution in [3.63, 3.8) is 0 Å². The van der Waals surface area contributed by atoms with Crippen molar-refractivity contribution in [2.75, 3.05) is 7.11 Å². The molecule has 0 heterocycles. The van der Waals surface area contributed by atoms with Crippen LogP contribution in [0.1, 0.15) is 21.5 Å². The molecule has 0 unspecified atom stereocenters. The average molecular weight is 344 g/mol. The number of thioether (sulfide) groups is 1. The van der Waals surface area contributed by atoms with Crippen molar-refractivity contribution in [1.29, 1.82) is 0 Å². The highest BCUT2D eigenvalue weighted by molar-refractivity contribution is 8.04. The van der Waals surface area contributed by atoms with Gasteiger partial charge in [0.1, 0.15) is 5.75 Å². The first-order chi connectivity index (χ1) is 12.3. The number of ether oxygens (including phenoxy) is 1. The first-order valence-electron chi connectivity index (χ1n) is 8.03. The third kappa shape index (κ3) is 2.87. The summed E-state index contributed by atoms with van der Waals surface area (Å²) in [6.45, 7) is 0. The van der Waals surface area contributed by atoms with Crippen LogP contribution in [0.5, 0.6) is 5.75 Å². The topological polar surface area (TPSA) is 26.3 Å². The maximum Gasteiger partial charge on any atom is 0.200 e. The highest BCUT2D eigenvalue weighted by Crippen LogP contribution is 2.45. The maximum absolute atomic E-state index is 13.1. The fourth-order valence-electron chi connectivity index (χ4n) is 3.01. The van der Waals surface area contributed by atoms with Crippen LogP contribution < -0.4 is 4.74 Å². The van der Waals surface area contributed by atoms with Gasteiger partial charge in [0, 0.05) is 16.0 Å². The lowest BCUT2D eigenvalue weighted by atomic mass is 9.99. The SMILES string of the molecule is COc1ccc2c(c1)C(c1ccccc1)=C(Sc1ccccc1)C2=O. The first-order valence-corrected chi connectivity index (χ1v) is 8.85. The minimum atomic E-state index is 0.0744. The summed E-state index contributed by atoms with van der Waals surface area (Å²) in [7, 11) is 1.64. The second-order valence-electron chi connectivity index (χ2n) is 5.73. The number of carbonyl (C=O) groups excluding carboxylic acids is 1. The molecule has 2 nitrogen and oxygen atoms in total. The summed E-state index contributed by atoms with van der Waals surface area (Å²) in [5.74, 6) is 0.830. The minimum absolute atomic E-state index is 0.0744. The Balaban J connectivity index is 1.91. The number of fused-ring (bicyclic) bond motifs is 1. The van der Waals surface area contributed by atoms with E-state index in [1.165, 1.54) is 11.8 Å². The van der Waals surface area contributed by atoms with Crippen molar-refractivity contribution < 1.29 is 9.53 Å². The number of hydrogen-bond acceptors (Lipinski definition) is 3. The Bertz CT molecular complexity index is 960. The summed E-state index contributed by atoms with van der Waals surface area (Å²) >= 11 is 1.52. The molecule has 0 spiro atoms. The highest BCUT2D eigenvalue weighted by Gasteiger charge is 2.31. The Labute approximate surface area is 151 Å². The number of hydrogen-bond donors (Lipinski definition) is 0. The molecule has 0 amide bonds. The van der Waals surface area contributed by atoms with Crippen LogP contribution in [0.15, 0.2) is 88.7 Å². The number of allylic oxidation sites excluding steroid dienone is 1. The lowest BCUT2D eigenvalue weighted by Crippen LogP contribution is -1.96. The van der Waals surface area contributed by atoms with Crippen LogP contribution in [0.4, 0.5) is 0 Å². The molecule has 3 aromatic rings. The number of benzene rings is 3. The Morgan fingerprint density at radius 2 is 1.48 bits per heavy atom. The fourth-order valence-corrected chi connectivity index (χ4v) is 4.07. The smallest absolute Gasteiger partial charge is 0.200 e. The van der Waals surface area contributed by atoms with E-state index in [1.54, 1.807) is 7.11 Å². The van der Waals surface area contributed by atoms with E-state index in [9.17, 15) is 4.79 Å². The molecule has 0 saturated carbocycles. The normalized spacial score (nSPS) is 13.1. The second-order valence-corrected chi connectivity index (χ2v) is 6.81. The number of Topliss-reactive ketones (excluding diaryl/α,β-unsaturated/α-hetero) is 1. The molecule has 122 valence electrons. The van der Waals surface area contributed by atoms with E-state index in [-0.39, 0.29) is 5.78 Å². The highest BCUT2D eigenvalue weighted by atomic mass is 32.2. The third-order valence-corrected chi connectivity index (χ3v) is 5.30. The van der Waals surface area contributed by atoms with Crippen molar-refractivity contribution in [3.05, 3.63) is 100 Å². The van der Waals surface area contributed by atoms with Gasteiger partial charge in [0.25, 0.3) is 0 Å². The molecule has 0 radical (unpaired) electrons. The Hall–Kier alpha value is -2.78. The van der Waals surface area contributed by atoms with Gasteiger partial charge >= 0.3 is 0 Å². The van der Waals surface area contributed by atoms with Gasteiger partial charge in [0.05, 0.1) is 12.0 Å². The summed E-state index contributed by atoms with van der Waals surface area (Å²) in [5.41, 5.74) is 3.70. The summed E-state index contributed by atoms with van der Waals surface area (Å²) in [4.78, 5) is 14.9. The van der Waals surface area contributed by atoms with Crippen LogP contribution in [0.25, 0.3) is 5.57 Å². The van der Waals surface area contributed by atoms with Gasteiger partial charge < -0.3 is 4.74 Å². The molecule has 3 heteroatoms. The summed E-state index contributed by atoms with van der Waals surface area (Å²) in [5, 5.41) is 0. The van der Waals surface area contributed by atoms with Gasteiger partial charge in [-0.25, -0.2) is 0 Å². The zero-order chi connectivity index (χ0) is 17.2. The molecule has 25 heavy (non-hydrogen) atoms. The van der Waals surface area contributed by atoms with Crippen LogP contribution in [0, 0.1) is 0 Å². The van der Waals surface area contributed by atoms with Crippen LogP contribution in [-0.2, 0) is 0 Å². The zero-order valence-corrected chi connectivity index (χ0v) is 14.5. The average Bonchev–Trinajstić information content (AvgIpc) is 2.94. The van der Waals surface area contributed by atoms with E-state index in [2.05, 4.69) is 0 Å². The molecular formula is C22H16O2S. The Kier molecular flexibility index (Phi) is 4.16. The summed E-state index contributed by atoms with van der Waals surface area (Å²) < 4.78 is 5.37. The van der Waals surface area contributed by atoms with E-state index in [1.807, 2.05) is 78.9 Å². The number of ketones is 1. The van der Waals surface area contributed by atoms with Gasteiger partial charge in [0.15, 0.2) is 0 Å². The maximum atomic E-state index is 13.1. The Morgan fingerprint density at radius 3 is 2.16 bits per heavy atom. The van der Waals surface area contributed by atoms with E-state index < -0.39 is 0 Å². The zero-order valence-electron chi connectivity index (χ0n) is 13.7. The molecule has 0 N–H and O–H groups in total. The van der Waals surface area contributed by atoms with Gasteiger partial charge in [-0.15, -0.1) is 0 Å². The predicted molar refractivity (Wildman–Crippen MR) is 102 cm³/mol. The van der Waals surface area contributed by atoms with Crippen LogP contribution in [-0.4, -0.2) is 12.9 Å². The van der Waals surface area contributed by atoms with E-state index >= 15 is 0 Å². The van der Waals surface area contributed by atoms with Crippen molar-refractivity contribution in [3.8, 4) is 5.75 Å². The fraction of sp³-hybridized carbons (Fsp3) is 0.0455. The standard InChI is InChI=1S/C22H16O2S/c1-24-16-12-13-18-19(14-16)20(15-8-4-2-5-9-15)22(21(18)23)25-17-10-6-3-7-11-17/h2-14H,1H3. The quantitative estimate of drug-likeness (QED) is 0.630. The van der Waals surface area contributed by atoms with Crippen LogP contribution in [0.2, 0.25) is 0 Å². The van der Waals surface area contributed by atoms with Crippen LogP contribution in [0.3, 0.4) is 0 Å². The molecule has 0 bridgehead atoms. The first kappa shape index (κ1) is 15.7. The molecule has 1 aliphatic carbocycles. The van der Waals surface area contributed by atoms with Gasteiger partial charge in [-0.3, -0.25) is 4.79 Å². The molecule has 0 atom stereocenters. The minimum Gasteiger partial charge on any atom is -0.497 e. The van der Waals surface area contributed by atoms with E-state index in [0.29, 0.717) is 0 Å². The predicted octanol–water partition coefficient (Wildman–Crippen LogP) is 5.44. The molecule has 0 saturated heterocycles. The lowest BCUT2D eigenvalue weighted by molar-refractivity contribution is 0.104. The van der Waals surface area contributed by atoms with Crippen molar-refractivity contribution in [2.45, 2.75) is 4.90 Å². The molecule has 0 aromatic heterocycles. The summed E-state index contributed by atoms with van der Waals surface area (Å²) in [6.07, 6.45) is 0. The molecule has 4 rings (SSSR count). The monoisotopic (exact) mass is 344 g/mol. The molecular weight excluding hydrogens is 328 g/mol. The van der Waals surface area contributed by atoms with E-state index in [0.717, 1.165) is 37.8 Å². The van der Waals surface area contributed by atoms with Crippen LogP contribution >= 0.6 is 11.8 Å². The van der Waals surface area contributed by atoms with Crippen molar-refractivity contribution >= 4 is 23.1 Å². The molecule has 1 aliphatic rings. The molecule has 0 fully saturated rings. The number of rotatable bonds is 4.